The van der Waals surface area contributed by atoms with Crippen LogP contribution in [0.4, 0.5) is 11.5 Å². The smallest absolute Gasteiger partial charge is 0.221 e. The molecule has 7 heteroatoms. The van der Waals surface area contributed by atoms with Gasteiger partial charge in [-0.2, -0.15) is 0 Å². The molecule has 1 heterocycles. The van der Waals surface area contributed by atoms with Gasteiger partial charge in [0.15, 0.2) is 0 Å². The van der Waals surface area contributed by atoms with E-state index in [9.17, 15) is 4.79 Å². The molecule has 1 aromatic carbocycles. The second-order valence-electron chi connectivity index (χ2n) is 6.04. The Kier molecular flexibility index (Phi) is 8.37. The molecule has 26 heavy (non-hydrogen) atoms. The SMILES string of the molecule is CC[NH+](CC)CCCNc1cc(Sc2ccc(NC(C)=O)cc2)ncn1. The summed E-state index contributed by atoms with van der Waals surface area (Å²) in [6.07, 6.45) is 2.71. The summed E-state index contributed by atoms with van der Waals surface area (Å²) in [6, 6.07) is 9.69. The van der Waals surface area contributed by atoms with Crippen LogP contribution in [0.5, 0.6) is 0 Å². The third-order valence-electron chi connectivity index (χ3n) is 4.05. The van der Waals surface area contributed by atoms with Crippen molar-refractivity contribution < 1.29 is 9.69 Å². The monoisotopic (exact) mass is 374 g/mol. The van der Waals surface area contributed by atoms with Crippen LogP contribution in [0.3, 0.4) is 0 Å². The van der Waals surface area contributed by atoms with Crippen LogP contribution in [-0.4, -0.2) is 42.1 Å². The molecule has 3 N–H and O–H groups in total. The number of anilines is 2. The van der Waals surface area contributed by atoms with Gasteiger partial charge in [0.05, 0.1) is 19.6 Å². The van der Waals surface area contributed by atoms with Gasteiger partial charge in [-0.15, -0.1) is 0 Å². The summed E-state index contributed by atoms with van der Waals surface area (Å²) in [7, 11) is 0. The predicted molar refractivity (Wildman–Crippen MR) is 107 cm³/mol. The van der Waals surface area contributed by atoms with Crippen LogP contribution in [0.25, 0.3) is 0 Å². The topological polar surface area (TPSA) is 71.3 Å². The lowest BCUT2D eigenvalue weighted by Gasteiger charge is -2.15. The van der Waals surface area contributed by atoms with Gasteiger partial charge < -0.3 is 15.5 Å². The zero-order chi connectivity index (χ0) is 18.8. The number of rotatable bonds is 10. The number of hydrogen-bond acceptors (Lipinski definition) is 5. The minimum absolute atomic E-state index is 0.0699. The van der Waals surface area contributed by atoms with E-state index >= 15 is 0 Å². The molecule has 0 atom stereocenters. The fraction of sp³-hybridized carbons (Fsp3) is 0.421. The summed E-state index contributed by atoms with van der Waals surface area (Å²) in [6.45, 7) is 10.4. The number of benzene rings is 1. The molecule has 2 aromatic rings. The van der Waals surface area contributed by atoms with E-state index in [1.54, 1.807) is 23.0 Å². The Morgan fingerprint density at radius 2 is 1.88 bits per heavy atom. The minimum Gasteiger partial charge on any atom is -0.370 e. The van der Waals surface area contributed by atoms with Gasteiger partial charge in [-0.05, 0) is 38.1 Å². The van der Waals surface area contributed by atoms with E-state index in [0.29, 0.717) is 0 Å². The van der Waals surface area contributed by atoms with Crippen molar-refractivity contribution >= 4 is 29.2 Å². The lowest BCUT2D eigenvalue weighted by Crippen LogP contribution is -3.11. The van der Waals surface area contributed by atoms with Crippen molar-refractivity contribution in [1.82, 2.24) is 9.97 Å². The van der Waals surface area contributed by atoms with Gasteiger partial charge in [0, 0.05) is 36.5 Å². The van der Waals surface area contributed by atoms with Crippen LogP contribution in [0.2, 0.25) is 0 Å². The molecule has 6 nitrogen and oxygen atoms in total. The number of amides is 1. The zero-order valence-electron chi connectivity index (χ0n) is 15.7. The van der Waals surface area contributed by atoms with Crippen molar-refractivity contribution in [1.29, 1.82) is 0 Å². The molecule has 2 rings (SSSR count). The highest BCUT2D eigenvalue weighted by Crippen LogP contribution is 2.27. The fourth-order valence-electron chi connectivity index (χ4n) is 2.58. The molecular weight excluding hydrogens is 346 g/mol. The largest absolute Gasteiger partial charge is 0.370 e. The van der Waals surface area contributed by atoms with E-state index in [0.717, 1.165) is 34.4 Å². The maximum atomic E-state index is 11.1. The van der Waals surface area contributed by atoms with Gasteiger partial charge in [0.1, 0.15) is 17.2 Å². The molecule has 0 saturated carbocycles. The van der Waals surface area contributed by atoms with E-state index in [2.05, 4.69) is 34.4 Å². The van der Waals surface area contributed by atoms with Crippen molar-refractivity contribution in [3.63, 3.8) is 0 Å². The van der Waals surface area contributed by atoms with Gasteiger partial charge in [-0.1, -0.05) is 11.8 Å². The fourth-order valence-corrected chi connectivity index (χ4v) is 3.36. The average Bonchev–Trinajstić information content (AvgIpc) is 2.63. The normalized spacial score (nSPS) is 10.8. The van der Waals surface area contributed by atoms with Gasteiger partial charge in [-0.3, -0.25) is 4.79 Å². The lowest BCUT2D eigenvalue weighted by molar-refractivity contribution is -0.896. The van der Waals surface area contributed by atoms with Crippen LogP contribution < -0.4 is 15.5 Å². The van der Waals surface area contributed by atoms with E-state index in [4.69, 9.17) is 0 Å². The lowest BCUT2D eigenvalue weighted by atomic mass is 10.3. The number of quaternary nitrogens is 1. The number of carbonyl (C=O) groups is 1. The summed E-state index contributed by atoms with van der Waals surface area (Å²) in [5, 5.41) is 7.04. The highest BCUT2D eigenvalue weighted by molar-refractivity contribution is 7.99. The Morgan fingerprint density at radius 3 is 2.54 bits per heavy atom. The van der Waals surface area contributed by atoms with Gasteiger partial charge in [0.25, 0.3) is 0 Å². The van der Waals surface area contributed by atoms with Crippen molar-refractivity contribution in [2.24, 2.45) is 0 Å². The Morgan fingerprint density at radius 1 is 1.15 bits per heavy atom. The van der Waals surface area contributed by atoms with E-state index in [-0.39, 0.29) is 5.91 Å². The number of hydrogen-bond donors (Lipinski definition) is 3. The second kappa shape index (κ2) is 10.8. The molecule has 1 amide bonds. The Bertz CT molecular complexity index is 689. The summed E-state index contributed by atoms with van der Waals surface area (Å²) in [4.78, 5) is 22.4. The zero-order valence-corrected chi connectivity index (χ0v) is 16.5. The van der Waals surface area contributed by atoms with Crippen LogP contribution in [0.15, 0.2) is 46.6 Å². The first-order chi connectivity index (χ1) is 12.6. The third-order valence-corrected chi connectivity index (χ3v) is 4.99. The van der Waals surface area contributed by atoms with E-state index < -0.39 is 0 Å². The number of carbonyl (C=O) groups excluding carboxylic acids is 1. The molecule has 0 unspecified atom stereocenters. The first-order valence-electron chi connectivity index (χ1n) is 9.05. The van der Waals surface area contributed by atoms with Crippen molar-refractivity contribution in [3.8, 4) is 0 Å². The Balaban J connectivity index is 1.85. The molecule has 0 aliphatic heterocycles. The number of aromatic nitrogens is 2. The molecule has 0 aliphatic rings. The van der Waals surface area contributed by atoms with E-state index in [1.165, 1.54) is 26.6 Å². The molecule has 1 aromatic heterocycles. The van der Waals surface area contributed by atoms with Crippen molar-refractivity contribution in [2.75, 3.05) is 36.8 Å². The minimum atomic E-state index is -0.0699. The van der Waals surface area contributed by atoms with Crippen molar-refractivity contribution in [3.05, 3.63) is 36.7 Å². The highest BCUT2D eigenvalue weighted by atomic mass is 32.2. The summed E-state index contributed by atoms with van der Waals surface area (Å²) in [5.41, 5.74) is 0.794. The van der Waals surface area contributed by atoms with E-state index in [1.807, 2.05) is 30.3 Å². The standard InChI is InChI=1S/C19H27N5OS/c1-4-24(5-2)12-6-11-20-18-13-19(22-14-21-18)26-17-9-7-16(8-10-17)23-15(3)25/h7-10,13-14H,4-6,11-12H2,1-3H3,(H,23,25)(H,20,21,22)/p+1. The van der Waals surface area contributed by atoms with Crippen LogP contribution in [0.1, 0.15) is 27.2 Å². The second-order valence-corrected chi connectivity index (χ2v) is 7.13. The third kappa shape index (κ3) is 7.01. The van der Waals surface area contributed by atoms with Crippen LogP contribution in [-0.2, 0) is 4.79 Å². The van der Waals surface area contributed by atoms with Gasteiger partial charge >= 0.3 is 0 Å². The molecule has 0 spiro atoms. The van der Waals surface area contributed by atoms with Crippen LogP contribution in [0, 0.1) is 0 Å². The molecular formula is C19H28N5OS+. The molecule has 140 valence electrons. The summed E-state index contributed by atoms with van der Waals surface area (Å²) >= 11 is 1.57. The Hall–Kier alpha value is -2.12. The van der Waals surface area contributed by atoms with Crippen LogP contribution >= 0.6 is 11.8 Å². The summed E-state index contributed by atoms with van der Waals surface area (Å²) in [5.74, 6) is 0.784. The first-order valence-corrected chi connectivity index (χ1v) is 9.87. The molecule has 0 bridgehead atoms. The summed E-state index contributed by atoms with van der Waals surface area (Å²) < 4.78 is 0. The molecule has 0 fully saturated rings. The highest BCUT2D eigenvalue weighted by Gasteiger charge is 2.04. The molecule has 0 aliphatic carbocycles. The Labute approximate surface area is 159 Å². The maximum absolute atomic E-state index is 11.1. The maximum Gasteiger partial charge on any atom is 0.221 e. The first kappa shape index (κ1) is 20.2. The molecule has 0 radical (unpaired) electrons. The predicted octanol–water partition coefficient (Wildman–Crippen LogP) is 2.31. The quantitative estimate of drug-likeness (QED) is 0.440. The average molecular weight is 375 g/mol. The number of nitrogens with one attached hydrogen (secondary N) is 3. The number of nitrogens with zero attached hydrogens (tertiary/aromatic N) is 2. The van der Waals surface area contributed by atoms with Crippen molar-refractivity contribution in [2.45, 2.75) is 37.1 Å². The van der Waals surface area contributed by atoms with Gasteiger partial charge in [-0.25, -0.2) is 9.97 Å². The van der Waals surface area contributed by atoms with Gasteiger partial charge in [0.2, 0.25) is 5.91 Å². The molecule has 0 saturated heterocycles.